The van der Waals surface area contributed by atoms with Crippen molar-refractivity contribution in [3.05, 3.63) is 29.8 Å². The van der Waals surface area contributed by atoms with E-state index in [1.165, 1.54) is 0 Å². The Morgan fingerprint density at radius 3 is 2.76 bits per heavy atom. The number of carboxylic acid groups (broad SMARTS) is 1. The summed E-state index contributed by atoms with van der Waals surface area (Å²) in [5.74, 6) is 1.09. The average Bonchev–Trinajstić information content (AvgIpc) is 3.05. The fraction of sp³-hybridized carbons (Fsp3) is 0.500. The van der Waals surface area contributed by atoms with Crippen LogP contribution >= 0.6 is 23.5 Å². The molecule has 2 heterocycles. The van der Waals surface area contributed by atoms with Crippen LogP contribution in [0.1, 0.15) is 10.9 Å². The number of phenols is 1. The van der Waals surface area contributed by atoms with Crippen LogP contribution in [0.4, 0.5) is 0 Å². The third kappa shape index (κ3) is 2.88. The highest BCUT2D eigenvalue weighted by molar-refractivity contribution is 8.01. The number of rotatable bonds is 3. The van der Waals surface area contributed by atoms with E-state index in [2.05, 4.69) is 5.32 Å². The molecule has 114 valence electrons. The van der Waals surface area contributed by atoms with Gasteiger partial charge in [-0.05, 0) is 13.1 Å². The molecule has 0 spiro atoms. The molecule has 0 aliphatic carbocycles. The molecule has 2 saturated heterocycles. The number of aliphatic carboxylic acids is 1. The van der Waals surface area contributed by atoms with Gasteiger partial charge in [0, 0.05) is 23.1 Å². The normalized spacial score (nSPS) is 33.4. The molecule has 2 aliphatic heterocycles. The fourth-order valence-corrected chi connectivity index (χ4v) is 5.79. The lowest BCUT2D eigenvalue weighted by molar-refractivity contribution is -0.141. The van der Waals surface area contributed by atoms with Gasteiger partial charge in [0.2, 0.25) is 0 Å². The Hall–Kier alpha value is -0.890. The van der Waals surface area contributed by atoms with Gasteiger partial charge in [-0.25, -0.2) is 0 Å². The second-order valence-corrected chi connectivity index (χ2v) is 7.58. The van der Waals surface area contributed by atoms with Crippen LogP contribution in [0.15, 0.2) is 24.3 Å². The summed E-state index contributed by atoms with van der Waals surface area (Å²) in [7, 11) is 1.88. The summed E-state index contributed by atoms with van der Waals surface area (Å²) in [5, 5.41) is 22.9. The standard InChI is InChI=1S/C14H18N2O3S2/c1-16-10(14(18)19)7-21-13(16)9-6-20-12(15-9)8-4-2-3-5-11(8)17/h2-5,9-10,12-13,15,17H,6-7H2,1H3,(H,18,19)/t9-,10+,12?,13-/m0/s1. The van der Waals surface area contributed by atoms with Crippen LogP contribution < -0.4 is 5.32 Å². The summed E-state index contributed by atoms with van der Waals surface area (Å²) in [6.45, 7) is 0. The predicted octanol–water partition coefficient (Wildman–Crippen LogP) is 1.55. The van der Waals surface area contributed by atoms with Crippen molar-refractivity contribution >= 4 is 29.5 Å². The molecule has 0 radical (unpaired) electrons. The smallest absolute Gasteiger partial charge is 0.321 e. The van der Waals surface area contributed by atoms with Gasteiger partial charge in [0.15, 0.2) is 0 Å². The first-order valence-corrected chi connectivity index (χ1v) is 8.89. The maximum absolute atomic E-state index is 11.2. The number of hydrogen-bond acceptors (Lipinski definition) is 6. The first-order chi connectivity index (χ1) is 10.1. The minimum atomic E-state index is -0.754. The van der Waals surface area contributed by atoms with E-state index in [1.54, 1.807) is 29.6 Å². The molecule has 5 nitrogen and oxygen atoms in total. The van der Waals surface area contributed by atoms with Crippen LogP contribution in [0, 0.1) is 0 Å². The van der Waals surface area contributed by atoms with E-state index in [4.69, 9.17) is 0 Å². The molecule has 3 rings (SSSR count). The SMILES string of the molecule is CN1[C@@H](C(=O)O)CS[C@H]1[C@@H]1CSC(c2ccccc2O)N1. The fourth-order valence-electron chi connectivity index (χ4n) is 2.79. The molecule has 3 N–H and O–H groups in total. The number of benzene rings is 1. The Labute approximate surface area is 132 Å². The van der Waals surface area contributed by atoms with Gasteiger partial charge in [-0.2, -0.15) is 0 Å². The van der Waals surface area contributed by atoms with Crippen molar-refractivity contribution in [3.63, 3.8) is 0 Å². The van der Waals surface area contributed by atoms with E-state index in [1.807, 2.05) is 30.1 Å². The zero-order valence-electron chi connectivity index (χ0n) is 11.6. The Morgan fingerprint density at radius 1 is 1.33 bits per heavy atom. The van der Waals surface area contributed by atoms with Gasteiger partial charge in [-0.1, -0.05) is 18.2 Å². The largest absolute Gasteiger partial charge is 0.508 e. The zero-order valence-corrected chi connectivity index (χ0v) is 13.2. The molecule has 4 atom stereocenters. The molecule has 1 aromatic rings. The van der Waals surface area contributed by atoms with E-state index in [0.717, 1.165) is 11.3 Å². The quantitative estimate of drug-likeness (QED) is 0.778. The Balaban J connectivity index is 1.68. The molecule has 0 saturated carbocycles. The number of likely N-dealkylation sites (N-methyl/N-ethyl adjacent to an activating group) is 1. The monoisotopic (exact) mass is 326 g/mol. The van der Waals surface area contributed by atoms with Crippen LogP contribution in [0.2, 0.25) is 0 Å². The number of para-hydroxylation sites is 1. The van der Waals surface area contributed by atoms with Crippen molar-refractivity contribution in [2.75, 3.05) is 18.6 Å². The first kappa shape index (κ1) is 15.0. The Bertz CT molecular complexity index is 543. The lowest BCUT2D eigenvalue weighted by Gasteiger charge is -2.27. The molecule has 21 heavy (non-hydrogen) atoms. The summed E-state index contributed by atoms with van der Waals surface area (Å²) in [6, 6.07) is 7.17. The Morgan fingerprint density at radius 2 is 2.10 bits per heavy atom. The van der Waals surface area contributed by atoms with Crippen LogP contribution in [0.25, 0.3) is 0 Å². The third-order valence-corrected chi connectivity index (χ3v) is 6.76. The molecule has 1 unspecified atom stereocenters. The summed E-state index contributed by atoms with van der Waals surface area (Å²) in [6.07, 6.45) is 0. The number of carbonyl (C=O) groups is 1. The van der Waals surface area contributed by atoms with Crippen molar-refractivity contribution in [2.45, 2.75) is 22.8 Å². The van der Waals surface area contributed by atoms with Crippen LogP contribution in [0.3, 0.4) is 0 Å². The van der Waals surface area contributed by atoms with Gasteiger partial charge < -0.3 is 10.2 Å². The second kappa shape index (κ2) is 6.08. The van der Waals surface area contributed by atoms with Gasteiger partial charge in [-0.15, -0.1) is 23.5 Å². The van der Waals surface area contributed by atoms with Crippen molar-refractivity contribution < 1.29 is 15.0 Å². The number of phenolic OH excluding ortho intramolecular Hbond substituents is 1. The van der Waals surface area contributed by atoms with Crippen LogP contribution in [-0.2, 0) is 4.79 Å². The van der Waals surface area contributed by atoms with E-state index >= 15 is 0 Å². The lowest BCUT2D eigenvalue weighted by atomic mass is 10.2. The molecular formula is C14H18N2O3S2. The molecule has 0 aromatic heterocycles. The predicted molar refractivity (Wildman–Crippen MR) is 85.7 cm³/mol. The highest BCUT2D eigenvalue weighted by Gasteiger charge is 2.42. The summed E-state index contributed by atoms with van der Waals surface area (Å²) < 4.78 is 0. The average molecular weight is 326 g/mol. The van der Waals surface area contributed by atoms with Gasteiger partial charge in [-0.3, -0.25) is 15.0 Å². The van der Waals surface area contributed by atoms with E-state index in [9.17, 15) is 15.0 Å². The maximum Gasteiger partial charge on any atom is 0.321 e. The maximum atomic E-state index is 11.2. The summed E-state index contributed by atoms with van der Waals surface area (Å²) >= 11 is 3.45. The number of carboxylic acids is 1. The molecule has 1 aromatic carbocycles. The molecule has 7 heteroatoms. The van der Waals surface area contributed by atoms with Gasteiger partial charge >= 0.3 is 5.97 Å². The first-order valence-electron chi connectivity index (χ1n) is 6.80. The van der Waals surface area contributed by atoms with Crippen LogP contribution in [-0.4, -0.2) is 57.1 Å². The summed E-state index contributed by atoms with van der Waals surface area (Å²) in [5.41, 5.74) is 0.894. The minimum Gasteiger partial charge on any atom is -0.508 e. The van der Waals surface area contributed by atoms with Crippen LogP contribution in [0.5, 0.6) is 5.75 Å². The molecule has 0 amide bonds. The molecule has 0 bridgehead atoms. The van der Waals surface area contributed by atoms with E-state index < -0.39 is 12.0 Å². The number of nitrogens with one attached hydrogen (secondary N) is 1. The zero-order chi connectivity index (χ0) is 15.0. The third-order valence-electron chi connectivity index (χ3n) is 3.97. The summed E-state index contributed by atoms with van der Waals surface area (Å²) in [4.78, 5) is 13.1. The van der Waals surface area contributed by atoms with Crippen molar-refractivity contribution in [3.8, 4) is 5.75 Å². The van der Waals surface area contributed by atoms with Crippen molar-refractivity contribution in [1.82, 2.24) is 10.2 Å². The molecular weight excluding hydrogens is 308 g/mol. The highest BCUT2D eigenvalue weighted by Crippen LogP contribution is 2.41. The van der Waals surface area contributed by atoms with Gasteiger partial charge in [0.25, 0.3) is 0 Å². The van der Waals surface area contributed by atoms with Crippen molar-refractivity contribution in [2.24, 2.45) is 0 Å². The lowest BCUT2D eigenvalue weighted by Crippen LogP contribution is -2.47. The molecule has 2 aliphatic rings. The molecule has 2 fully saturated rings. The van der Waals surface area contributed by atoms with Crippen molar-refractivity contribution in [1.29, 1.82) is 0 Å². The number of nitrogens with zero attached hydrogens (tertiary/aromatic N) is 1. The highest BCUT2D eigenvalue weighted by atomic mass is 32.2. The van der Waals surface area contributed by atoms with E-state index in [-0.39, 0.29) is 16.8 Å². The number of aromatic hydroxyl groups is 1. The van der Waals surface area contributed by atoms with Gasteiger partial charge in [0.1, 0.15) is 11.8 Å². The Kier molecular flexibility index (Phi) is 4.35. The van der Waals surface area contributed by atoms with E-state index in [0.29, 0.717) is 11.5 Å². The van der Waals surface area contributed by atoms with Gasteiger partial charge in [0.05, 0.1) is 10.7 Å². The second-order valence-electron chi connectivity index (χ2n) is 5.29. The number of thioether (sulfide) groups is 2. The minimum absolute atomic E-state index is 0.0640. The number of hydrogen-bond donors (Lipinski definition) is 3. The topological polar surface area (TPSA) is 72.8 Å².